The van der Waals surface area contributed by atoms with Gasteiger partial charge < -0.3 is 35.3 Å². The molecule has 1 saturated heterocycles. The van der Waals surface area contributed by atoms with Crippen LogP contribution in [0.25, 0.3) is 10.9 Å². The van der Waals surface area contributed by atoms with Crippen molar-refractivity contribution < 1.29 is 38.8 Å². The first-order chi connectivity index (χ1) is 15.5. The number of aliphatic carboxylic acids is 2. The van der Waals surface area contributed by atoms with Gasteiger partial charge in [0.05, 0.1) is 23.0 Å². The zero-order valence-corrected chi connectivity index (χ0v) is 17.3. The lowest BCUT2D eigenvalue weighted by atomic mass is 9.91. The van der Waals surface area contributed by atoms with Crippen LogP contribution in [-0.2, 0) is 9.59 Å². The number of nitrogens with zero attached hydrogens (tertiary/aromatic N) is 2. The maximum Gasteiger partial charge on any atom is 0.352 e. The molecule has 5 N–H and O–H groups in total. The van der Waals surface area contributed by atoms with E-state index in [0.29, 0.717) is 6.08 Å². The second kappa shape index (κ2) is 7.89. The lowest BCUT2D eigenvalue weighted by molar-refractivity contribution is -0.136. The number of aromatic nitrogens is 1. The summed E-state index contributed by atoms with van der Waals surface area (Å²) >= 11 is 0. The molecule has 1 aromatic carbocycles. The molecule has 0 aliphatic carbocycles. The summed E-state index contributed by atoms with van der Waals surface area (Å²) in [4.78, 5) is 48.1. The van der Waals surface area contributed by atoms with E-state index in [1.54, 1.807) is 11.5 Å². The Morgan fingerprint density at radius 1 is 1.24 bits per heavy atom. The van der Waals surface area contributed by atoms with Crippen LogP contribution in [-0.4, -0.2) is 68.4 Å². The van der Waals surface area contributed by atoms with Gasteiger partial charge in [0.15, 0.2) is 0 Å². The van der Waals surface area contributed by atoms with Crippen molar-refractivity contribution in [3.8, 4) is 5.75 Å². The van der Waals surface area contributed by atoms with Gasteiger partial charge in [0.25, 0.3) is 0 Å². The summed E-state index contributed by atoms with van der Waals surface area (Å²) in [6.07, 6.45) is 1.74. The Morgan fingerprint density at radius 2 is 1.94 bits per heavy atom. The summed E-state index contributed by atoms with van der Waals surface area (Å²) in [7, 11) is 0. The van der Waals surface area contributed by atoms with Crippen LogP contribution < -0.4 is 15.9 Å². The summed E-state index contributed by atoms with van der Waals surface area (Å²) in [5, 5.41) is 27.6. The predicted octanol–water partition coefficient (Wildman–Crippen LogP) is 0.572. The number of carboxylic acid groups (broad SMARTS) is 3. The van der Waals surface area contributed by atoms with E-state index >= 15 is 4.39 Å². The molecule has 3 unspecified atom stereocenters. The fraction of sp³-hybridized carbons (Fsp3) is 0.333. The number of carboxylic acids is 3. The molecule has 0 radical (unpaired) electrons. The fourth-order valence-electron chi connectivity index (χ4n) is 4.48. The van der Waals surface area contributed by atoms with Gasteiger partial charge in [-0.3, -0.25) is 4.79 Å². The number of pyridine rings is 1. The van der Waals surface area contributed by atoms with E-state index < -0.39 is 52.4 Å². The lowest BCUT2D eigenvalue weighted by Gasteiger charge is -2.30. The third-order valence-electron chi connectivity index (χ3n) is 5.99. The molecule has 3 heterocycles. The second-order valence-corrected chi connectivity index (χ2v) is 8.09. The van der Waals surface area contributed by atoms with Crippen LogP contribution in [0.1, 0.15) is 34.8 Å². The monoisotopic (exact) mass is 461 g/mol. The van der Waals surface area contributed by atoms with E-state index in [0.717, 1.165) is 6.07 Å². The van der Waals surface area contributed by atoms with Crippen molar-refractivity contribution in [2.75, 3.05) is 19.7 Å². The number of benzene rings is 1. The number of carbonyl (C=O) groups is 3. The summed E-state index contributed by atoms with van der Waals surface area (Å²) in [6.45, 7) is 1.68. The molecular formula is C21H20FN3O8. The minimum Gasteiger partial charge on any atom is -0.489 e. The highest BCUT2D eigenvalue weighted by Gasteiger charge is 2.40. The Kier molecular flexibility index (Phi) is 5.32. The molecule has 12 heteroatoms. The predicted molar refractivity (Wildman–Crippen MR) is 111 cm³/mol. The highest BCUT2D eigenvalue weighted by atomic mass is 19.1. The number of aromatic carboxylic acids is 1. The molecule has 3 atom stereocenters. The van der Waals surface area contributed by atoms with Crippen LogP contribution in [0.4, 0.5) is 4.39 Å². The Bertz CT molecular complexity index is 1300. The summed E-state index contributed by atoms with van der Waals surface area (Å²) in [5.74, 6) is -5.94. The fourth-order valence-corrected chi connectivity index (χ4v) is 4.48. The molecule has 0 spiro atoms. The molecule has 11 nitrogen and oxygen atoms in total. The number of hydrogen-bond donors (Lipinski definition) is 4. The Labute approximate surface area is 185 Å². The molecule has 2 aromatic rings. The van der Waals surface area contributed by atoms with E-state index in [-0.39, 0.29) is 48.0 Å². The van der Waals surface area contributed by atoms with Gasteiger partial charge in [0, 0.05) is 36.8 Å². The number of halogens is 1. The molecule has 1 fully saturated rings. The van der Waals surface area contributed by atoms with E-state index in [1.807, 2.05) is 0 Å². The van der Waals surface area contributed by atoms with Crippen LogP contribution in [0.15, 0.2) is 28.8 Å². The van der Waals surface area contributed by atoms with Crippen molar-refractivity contribution in [3.63, 3.8) is 0 Å². The topological polar surface area (TPSA) is 172 Å². The molecule has 2 aliphatic rings. The van der Waals surface area contributed by atoms with Gasteiger partial charge in [-0.15, -0.1) is 0 Å². The van der Waals surface area contributed by atoms with Crippen LogP contribution >= 0.6 is 0 Å². The van der Waals surface area contributed by atoms with Crippen LogP contribution in [0.5, 0.6) is 5.75 Å². The highest BCUT2D eigenvalue weighted by molar-refractivity contribution is 5.96. The van der Waals surface area contributed by atoms with E-state index in [9.17, 15) is 29.4 Å². The molecule has 1 aromatic heterocycles. The minimum atomic E-state index is -1.47. The van der Waals surface area contributed by atoms with Crippen LogP contribution in [0, 0.1) is 5.82 Å². The largest absolute Gasteiger partial charge is 0.489 e. The standard InChI is InChI=1S/C21H20FN3O8/c1-8-7-33-19-16(10-4-24(6-13(10)23)14(21(31)32)3-15(26)27)12(22)2-9-17(19)25(8)5-11(18(9)28)20(29)30/h2-3,5,8,10,13H,4,6-7,23H2,1H3,(H,26,27)(H,29,30)(H,31,32). The third-order valence-corrected chi connectivity index (χ3v) is 5.99. The lowest BCUT2D eigenvalue weighted by Crippen LogP contribution is -2.31. The Morgan fingerprint density at radius 3 is 2.55 bits per heavy atom. The van der Waals surface area contributed by atoms with Gasteiger partial charge in [0.2, 0.25) is 5.43 Å². The number of hydrogen-bond acceptors (Lipinski definition) is 7. The van der Waals surface area contributed by atoms with Crippen molar-refractivity contribution in [3.05, 3.63) is 51.2 Å². The zero-order valence-electron chi connectivity index (χ0n) is 17.3. The van der Waals surface area contributed by atoms with Crippen molar-refractivity contribution in [2.24, 2.45) is 5.73 Å². The van der Waals surface area contributed by atoms with Crippen molar-refractivity contribution >= 4 is 28.8 Å². The maximum absolute atomic E-state index is 15.4. The first kappa shape index (κ1) is 22.3. The summed E-state index contributed by atoms with van der Waals surface area (Å²) < 4.78 is 22.7. The van der Waals surface area contributed by atoms with E-state index in [2.05, 4.69) is 0 Å². The van der Waals surface area contributed by atoms with Crippen LogP contribution in [0.3, 0.4) is 0 Å². The molecule has 33 heavy (non-hydrogen) atoms. The zero-order chi connectivity index (χ0) is 24.2. The van der Waals surface area contributed by atoms with E-state index in [1.165, 1.54) is 11.1 Å². The smallest absolute Gasteiger partial charge is 0.352 e. The quantitative estimate of drug-likeness (QED) is 0.461. The Hall–Kier alpha value is -3.93. The van der Waals surface area contributed by atoms with Crippen molar-refractivity contribution in [2.45, 2.75) is 24.9 Å². The van der Waals surface area contributed by atoms with Gasteiger partial charge in [-0.05, 0) is 13.0 Å². The average molecular weight is 461 g/mol. The molecule has 4 rings (SSSR count). The van der Waals surface area contributed by atoms with Gasteiger partial charge in [0.1, 0.15) is 29.4 Å². The second-order valence-electron chi connectivity index (χ2n) is 8.09. The number of nitrogens with two attached hydrogens (primary N) is 1. The number of ether oxygens (including phenoxy) is 1. The molecule has 0 amide bonds. The average Bonchev–Trinajstić information content (AvgIpc) is 3.10. The first-order valence-corrected chi connectivity index (χ1v) is 9.97. The van der Waals surface area contributed by atoms with Crippen molar-refractivity contribution in [1.82, 2.24) is 9.47 Å². The van der Waals surface area contributed by atoms with E-state index in [4.69, 9.17) is 15.6 Å². The SMILES string of the molecule is CC1COc2c(C3CN(C(=CC(=O)O)C(=O)O)CC3N)c(F)cc3c(=O)c(C(=O)O)cn1c23. The van der Waals surface area contributed by atoms with Crippen LogP contribution in [0.2, 0.25) is 0 Å². The summed E-state index contributed by atoms with van der Waals surface area (Å²) in [6, 6.07) is -0.171. The van der Waals surface area contributed by atoms with Gasteiger partial charge in [-0.2, -0.15) is 0 Å². The molecular weight excluding hydrogens is 441 g/mol. The highest BCUT2D eigenvalue weighted by Crippen LogP contribution is 2.43. The molecule has 174 valence electrons. The Balaban J connectivity index is 1.90. The van der Waals surface area contributed by atoms with Crippen molar-refractivity contribution in [1.29, 1.82) is 0 Å². The summed E-state index contributed by atoms with van der Waals surface area (Å²) in [5.41, 5.74) is 4.62. The number of rotatable bonds is 5. The van der Waals surface area contributed by atoms with Gasteiger partial charge in [-0.1, -0.05) is 0 Å². The number of likely N-dealkylation sites (tertiary alicyclic amines) is 1. The molecule has 0 bridgehead atoms. The van der Waals surface area contributed by atoms with Gasteiger partial charge in [-0.25, -0.2) is 18.8 Å². The first-order valence-electron chi connectivity index (χ1n) is 9.97. The molecule has 0 saturated carbocycles. The minimum absolute atomic E-state index is 0.0284. The molecule has 2 aliphatic heterocycles. The normalized spacial score (nSPS) is 22.3. The van der Waals surface area contributed by atoms with Gasteiger partial charge >= 0.3 is 17.9 Å². The third kappa shape index (κ3) is 3.57. The maximum atomic E-state index is 15.4.